The molecular weight excluding hydrogens is 264 g/mol. The van der Waals surface area contributed by atoms with Gasteiger partial charge >= 0.3 is 5.69 Å². The summed E-state index contributed by atoms with van der Waals surface area (Å²) in [5.41, 5.74) is 0.0462. The number of rotatable bonds is 2. The number of carbonyl (C=O) groups excluding carboxylic acids is 1. The van der Waals surface area contributed by atoms with Gasteiger partial charge in [0.05, 0.1) is 0 Å². The van der Waals surface area contributed by atoms with E-state index >= 15 is 0 Å². The molecular formula is C12H8N4O4. The van der Waals surface area contributed by atoms with Crippen LogP contribution < -0.4 is 16.6 Å². The lowest BCUT2D eigenvalue weighted by atomic mass is 10.2. The summed E-state index contributed by atoms with van der Waals surface area (Å²) in [5, 5.41) is 2.40. The Kier molecular flexibility index (Phi) is 2.68. The summed E-state index contributed by atoms with van der Waals surface area (Å²) >= 11 is 0. The van der Waals surface area contributed by atoms with Crippen molar-refractivity contribution in [3.05, 3.63) is 57.2 Å². The monoisotopic (exact) mass is 272 g/mol. The Morgan fingerprint density at radius 3 is 2.95 bits per heavy atom. The van der Waals surface area contributed by atoms with Gasteiger partial charge in [-0.1, -0.05) is 0 Å². The third kappa shape index (κ3) is 2.09. The lowest BCUT2D eigenvalue weighted by molar-refractivity contribution is 0.102. The highest BCUT2D eigenvalue weighted by Crippen LogP contribution is 2.14. The smallest absolute Gasteiger partial charge is 0.325 e. The van der Waals surface area contributed by atoms with E-state index in [0.717, 1.165) is 6.20 Å². The molecule has 0 saturated heterocycles. The van der Waals surface area contributed by atoms with Crippen molar-refractivity contribution in [3.8, 4) is 0 Å². The van der Waals surface area contributed by atoms with Crippen LogP contribution in [0.15, 0.2) is 44.8 Å². The fourth-order valence-electron chi connectivity index (χ4n) is 1.70. The van der Waals surface area contributed by atoms with Crippen molar-refractivity contribution in [3.63, 3.8) is 0 Å². The van der Waals surface area contributed by atoms with Crippen LogP contribution >= 0.6 is 0 Å². The maximum atomic E-state index is 12.0. The van der Waals surface area contributed by atoms with E-state index in [0.29, 0.717) is 16.7 Å². The van der Waals surface area contributed by atoms with Crippen molar-refractivity contribution in [1.29, 1.82) is 0 Å². The van der Waals surface area contributed by atoms with Gasteiger partial charge in [-0.15, -0.1) is 0 Å². The summed E-state index contributed by atoms with van der Waals surface area (Å²) in [4.78, 5) is 42.6. The zero-order valence-corrected chi connectivity index (χ0v) is 9.97. The summed E-state index contributed by atoms with van der Waals surface area (Å²) in [6, 6.07) is 4.69. The first-order valence-electron chi connectivity index (χ1n) is 5.60. The van der Waals surface area contributed by atoms with Gasteiger partial charge in [0.2, 0.25) is 0 Å². The van der Waals surface area contributed by atoms with Gasteiger partial charge in [-0.3, -0.25) is 14.6 Å². The number of benzene rings is 1. The first-order chi connectivity index (χ1) is 9.63. The second-order valence-corrected chi connectivity index (χ2v) is 3.97. The summed E-state index contributed by atoms with van der Waals surface area (Å²) in [6.45, 7) is 0. The van der Waals surface area contributed by atoms with Gasteiger partial charge in [-0.25, -0.2) is 9.78 Å². The van der Waals surface area contributed by atoms with Crippen molar-refractivity contribution in [1.82, 2.24) is 15.0 Å². The molecule has 100 valence electrons. The number of carbonyl (C=O) groups is 1. The van der Waals surface area contributed by atoms with Crippen LogP contribution in [0.25, 0.3) is 11.1 Å². The number of oxazole rings is 1. The number of nitrogens with zero attached hydrogens (tertiary/aromatic N) is 1. The standard InChI is InChI=1S/C12H8N4O4/c17-10(15-8-4-13-12(19)16-11(8)18)6-1-2-9-7(3-6)14-5-20-9/h1-5H,(H,15,17)(H2,13,16,18,19). The molecule has 0 aliphatic heterocycles. The van der Waals surface area contributed by atoms with Crippen LogP contribution in [0.1, 0.15) is 10.4 Å². The molecule has 3 rings (SSSR count). The lowest BCUT2D eigenvalue weighted by Gasteiger charge is -2.03. The zero-order valence-electron chi connectivity index (χ0n) is 9.97. The average molecular weight is 272 g/mol. The Labute approximate surface area is 110 Å². The van der Waals surface area contributed by atoms with Crippen LogP contribution in [0.3, 0.4) is 0 Å². The van der Waals surface area contributed by atoms with Crippen LogP contribution in [-0.4, -0.2) is 20.9 Å². The summed E-state index contributed by atoms with van der Waals surface area (Å²) in [6.07, 6.45) is 2.41. The first kappa shape index (κ1) is 11.9. The minimum Gasteiger partial charge on any atom is -0.443 e. The number of aromatic amines is 2. The second kappa shape index (κ2) is 4.50. The van der Waals surface area contributed by atoms with Gasteiger partial charge in [0, 0.05) is 11.8 Å². The molecule has 0 atom stereocenters. The Bertz CT molecular complexity index is 905. The van der Waals surface area contributed by atoms with E-state index in [2.05, 4.69) is 15.3 Å². The highest BCUT2D eigenvalue weighted by atomic mass is 16.3. The van der Waals surface area contributed by atoms with Crippen LogP contribution in [0.2, 0.25) is 0 Å². The molecule has 0 bridgehead atoms. The highest BCUT2D eigenvalue weighted by Gasteiger charge is 2.10. The first-order valence-corrected chi connectivity index (χ1v) is 5.60. The topological polar surface area (TPSA) is 121 Å². The largest absolute Gasteiger partial charge is 0.443 e. The van der Waals surface area contributed by atoms with Crippen molar-refractivity contribution in [2.45, 2.75) is 0 Å². The number of H-pyrrole nitrogens is 2. The average Bonchev–Trinajstić information content (AvgIpc) is 2.89. The van der Waals surface area contributed by atoms with E-state index in [4.69, 9.17) is 4.42 Å². The number of hydrogen-bond acceptors (Lipinski definition) is 5. The number of fused-ring (bicyclic) bond motifs is 1. The summed E-state index contributed by atoms with van der Waals surface area (Å²) in [5.74, 6) is -0.493. The molecule has 0 saturated carbocycles. The molecule has 0 spiro atoms. The van der Waals surface area contributed by atoms with Crippen LogP contribution in [0.4, 0.5) is 5.69 Å². The Morgan fingerprint density at radius 1 is 1.30 bits per heavy atom. The molecule has 3 N–H and O–H groups in total. The molecule has 0 fully saturated rings. The van der Waals surface area contributed by atoms with Crippen molar-refractivity contribution >= 4 is 22.7 Å². The van der Waals surface area contributed by atoms with E-state index in [1.54, 1.807) is 12.1 Å². The second-order valence-electron chi connectivity index (χ2n) is 3.97. The normalized spacial score (nSPS) is 10.6. The predicted octanol–water partition coefficient (Wildman–Crippen LogP) is 0.457. The SMILES string of the molecule is O=C(Nc1c[nH]c(=O)[nH]c1=O)c1ccc2ocnc2c1. The fraction of sp³-hybridized carbons (Fsp3) is 0. The van der Waals surface area contributed by atoms with Crippen LogP contribution in [-0.2, 0) is 0 Å². The highest BCUT2D eigenvalue weighted by molar-refractivity contribution is 6.05. The molecule has 8 nitrogen and oxygen atoms in total. The quantitative estimate of drug-likeness (QED) is 0.625. The van der Waals surface area contributed by atoms with E-state index in [1.165, 1.54) is 12.5 Å². The molecule has 0 radical (unpaired) electrons. The van der Waals surface area contributed by atoms with Gasteiger partial charge in [0.25, 0.3) is 11.5 Å². The molecule has 20 heavy (non-hydrogen) atoms. The molecule has 3 aromatic rings. The minimum atomic E-state index is -0.676. The fourth-order valence-corrected chi connectivity index (χ4v) is 1.70. The Hall–Kier alpha value is -3.16. The molecule has 0 aliphatic rings. The van der Waals surface area contributed by atoms with Gasteiger partial charge in [0.1, 0.15) is 11.2 Å². The van der Waals surface area contributed by atoms with E-state index < -0.39 is 17.2 Å². The van der Waals surface area contributed by atoms with Crippen LogP contribution in [0.5, 0.6) is 0 Å². The molecule has 2 heterocycles. The van der Waals surface area contributed by atoms with Crippen LogP contribution in [0, 0.1) is 0 Å². The number of nitrogens with one attached hydrogen (secondary N) is 3. The predicted molar refractivity (Wildman–Crippen MR) is 69.6 cm³/mol. The third-order valence-electron chi connectivity index (χ3n) is 2.66. The third-order valence-corrected chi connectivity index (χ3v) is 2.66. The van der Waals surface area contributed by atoms with E-state index in [1.807, 2.05) is 4.98 Å². The molecule has 8 heteroatoms. The molecule has 1 aromatic carbocycles. The minimum absolute atomic E-state index is 0.0464. The maximum Gasteiger partial charge on any atom is 0.325 e. The zero-order chi connectivity index (χ0) is 14.1. The van der Waals surface area contributed by atoms with Crippen molar-refractivity contribution in [2.75, 3.05) is 5.32 Å². The van der Waals surface area contributed by atoms with E-state index in [-0.39, 0.29) is 5.69 Å². The molecule has 0 aliphatic carbocycles. The summed E-state index contributed by atoms with van der Waals surface area (Å²) < 4.78 is 5.07. The molecule has 0 unspecified atom stereocenters. The van der Waals surface area contributed by atoms with Gasteiger partial charge in [0.15, 0.2) is 12.0 Å². The Balaban J connectivity index is 1.92. The van der Waals surface area contributed by atoms with Crippen molar-refractivity contribution < 1.29 is 9.21 Å². The van der Waals surface area contributed by atoms with E-state index in [9.17, 15) is 14.4 Å². The summed E-state index contributed by atoms with van der Waals surface area (Å²) in [7, 11) is 0. The number of hydrogen-bond donors (Lipinski definition) is 3. The van der Waals surface area contributed by atoms with Gasteiger partial charge < -0.3 is 14.7 Å². The lowest BCUT2D eigenvalue weighted by Crippen LogP contribution is -2.26. The molecule has 1 amide bonds. The Morgan fingerprint density at radius 2 is 2.15 bits per heavy atom. The number of aromatic nitrogens is 3. The number of amides is 1. The molecule has 2 aromatic heterocycles. The van der Waals surface area contributed by atoms with Gasteiger partial charge in [-0.2, -0.15) is 0 Å². The number of anilines is 1. The van der Waals surface area contributed by atoms with Gasteiger partial charge in [-0.05, 0) is 18.2 Å². The maximum absolute atomic E-state index is 12.0. The van der Waals surface area contributed by atoms with Crippen molar-refractivity contribution in [2.24, 2.45) is 0 Å².